The van der Waals surface area contributed by atoms with Crippen LogP contribution in [0.15, 0.2) is 29.2 Å². The predicted octanol–water partition coefficient (Wildman–Crippen LogP) is 1.26. The Bertz CT molecular complexity index is 575. The first-order valence-corrected chi connectivity index (χ1v) is 7.05. The number of nitrogens with zero attached hydrogens (tertiary/aromatic N) is 4. The maximum absolute atomic E-state index is 5.58. The van der Waals surface area contributed by atoms with Crippen molar-refractivity contribution in [1.29, 1.82) is 0 Å². The molecule has 0 aromatic carbocycles. The number of hydrogen-bond donors (Lipinski definition) is 1. The number of anilines is 1. The molecule has 1 saturated heterocycles. The number of likely N-dealkylation sites (N-methyl/N-ethyl adjacent to an activating group) is 1. The summed E-state index contributed by atoms with van der Waals surface area (Å²) in [5, 5.41) is 7.35. The van der Waals surface area contributed by atoms with Crippen molar-refractivity contribution in [2.24, 2.45) is 0 Å². The summed E-state index contributed by atoms with van der Waals surface area (Å²) in [5.74, 6) is 1.29. The molecule has 112 valence electrons. The van der Waals surface area contributed by atoms with E-state index in [1.165, 1.54) is 6.39 Å². The number of ether oxygens (including phenoxy) is 1. The van der Waals surface area contributed by atoms with E-state index in [1.807, 2.05) is 12.1 Å². The van der Waals surface area contributed by atoms with Crippen molar-refractivity contribution in [2.45, 2.75) is 19.1 Å². The largest absolute Gasteiger partial charge is 0.378 e. The lowest BCUT2D eigenvalue weighted by molar-refractivity contribution is 0.102. The van der Waals surface area contributed by atoms with Gasteiger partial charge in [-0.15, -0.1) is 0 Å². The number of pyridine rings is 1. The van der Waals surface area contributed by atoms with E-state index >= 15 is 0 Å². The Labute approximate surface area is 123 Å². The minimum atomic E-state index is 0.144. The van der Waals surface area contributed by atoms with Gasteiger partial charge in [0, 0.05) is 26.4 Å². The maximum Gasteiger partial charge on any atom is 0.214 e. The number of hydrogen-bond acceptors (Lipinski definition) is 7. The van der Waals surface area contributed by atoms with E-state index in [0.717, 1.165) is 31.0 Å². The molecule has 1 aliphatic heterocycles. The second kappa shape index (κ2) is 6.19. The molecule has 0 amide bonds. The molecule has 0 bridgehead atoms. The van der Waals surface area contributed by atoms with E-state index in [0.29, 0.717) is 5.82 Å². The van der Waals surface area contributed by atoms with Crippen LogP contribution in [0.3, 0.4) is 0 Å². The highest BCUT2D eigenvalue weighted by atomic mass is 16.5. The Balaban J connectivity index is 1.82. The fourth-order valence-electron chi connectivity index (χ4n) is 2.65. The monoisotopic (exact) mass is 289 g/mol. The van der Waals surface area contributed by atoms with E-state index < -0.39 is 0 Å². The van der Waals surface area contributed by atoms with Crippen LogP contribution in [0.1, 0.15) is 6.92 Å². The van der Waals surface area contributed by atoms with E-state index in [1.54, 1.807) is 13.3 Å². The highest BCUT2D eigenvalue weighted by molar-refractivity contribution is 5.69. The van der Waals surface area contributed by atoms with Crippen molar-refractivity contribution >= 4 is 5.82 Å². The van der Waals surface area contributed by atoms with Crippen molar-refractivity contribution in [3.8, 4) is 11.4 Å². The number of nitrogens with one attached hydrogen (secondary N) is 1. The first kappa shape index (κ1) is 14.0. The van der Waals surface area contributed by atoms with E-state index in [-0.39, 0.29) is 12.1 Å². The summed E-state index contributed by atoms with van der Waals surface area (Å²) in [6.45, 7) is 5.02. The summed E-state index contributed by atoms with van der Waals surface area (Å²) in [6, 6.07) is 3.97. The Hall–Kier alpha value is -1.99. The second-order valence-corrected chi connectivity index (χ2v) is 5.03. The summed E-state index contributed by atoms with van der Waals surface area (Å²) in [5.41, 5.74) is 0.830. The molecule has 0 unspecified atom stereocenters. The highest BCUT2D eigenvalue weighted by Gasteiger charge is 2.32. The molecule has 0 saturated carbocycles. The molecule has 0 aliphatic carbocycles. The molecule has 7 nitrogen and oxygen atoms in total. The highest BCUT2D eigenvalue weighted by Crippen LogP contribution is 2.25. The van der Waals surface area contributed by atoms with Crippen molar-refractivity contribution in [3.63, 3.8) is 0 Å². The zero-order valence-corrected chi connectivity index (χ0v) is 12.2. The van der Waals surface area contributed by atoms with Gasteiger partial charge < -0.3 is 14.6 Å². The molecule has 1 N–H and O–H groups in total. The third-order valence-corrected chi connectivity index (χ3v) is 3.82. The molecule has 2 aromatic rings. The lowest BCUT2D eigenvalue weighted by Gasteiger charge is -2.20. The zero-order valence-electron chi connectivity index (χ0n) is 12.2. The van der Waals surface area contributed by atoms with Gasteiger partial charge >= 0.3 is 0 Å². The molecule has 1 fully saturated rings. The Kier molecular flexibility index (Phi) is 4.12. The zero-order chi connectivity index (χ0) is 14.7. The van der Waals surface area contributed by atoms with Crippen LogP contribution in [-0.2, 0) is 4.74 Å². The lowest BCUT2D eigenvalue weighted by Crippen LogP contribution is -2.34. The van der Waals surface area contributed by atoms with Gasteiger partial charge in [0.2, 0.25) is 12.2 Å². The molecule has 2 atom stereocenters. The molecule has 1 aliphatic rings. The maximum atomic E-state index is 5.58. The molecule has 0 radical (unpaired) electrons. The van der Waals surface area contributed by atoms with Gasteiger partial charge in [-0.05, 0) is 18.7 Å². The summed E-state index contributed by atoms with van der Waals surface area (Å²) in [7, 11) is 1.75. The molecule has 2 aromatic heterocycles. The van der Waals surface area contributed by atoms with Crippen molar-refractivity contribution in [1.82, 2.24) is 20.0 Å². The van der Waals surface area contributed by atoms with Gasteiger partial charge in [-0.25, -0.2) is 4.98 Å². The quantitative estimate of drug-likeness (QED) is 0.888. The topological polar surface area (TPSA) is 76.3 Å². The Morgan fingerprint density at radius 3 is 3.05 bits per heavy atom. The third-order valence-electron chi connectivity index (χ3n) is 3.82. The van der Waals surface area contributed by atoms with Gasteiger partial charge in [0.1, 0.15) is 5.82 Å². The van der Waals surface area contributed by atoms with Gasteiger partial charge in [-0.3, -0.25) is 4.90 Å². The summed E-state index contributed by atoms with van der Waals surface area (Å²) in [4.78, 5) is 10.9. The summed E-state index contributed by atoms with van der Waals surface area (Å²) >= 11 is 0. The van der Waals surface area contributed by atoms with Gasteiger partial charge in [0.15, 0.2) is 0 Å². The van der Waals surface area contributed by atoms with Crippen LogP contribution in [0, 0.1) is 0 Å². The van der Waals surface area contributed by atoms with Gasteiger partial charge in [0.05, 0.1) is 17.7 Å². The standard InChI is InChI=1S/C14H19N5O2/c1-3-19-7-11(12(8-19)20-2)17-13-10(5-4-6-15-13)14-16-9-21-18-14/h4-6,9,11-12H,3,7-8H2,1-2H3,(H,15,17)/t11-,12-/m0/s1. The average molecular weight is 289 g/mol. The lowest BCUT2D eigenvalue weighted by atomic mass is 10.2. The fourth-order valence-corrected chi connectivity index (χ4v) is 2.65. The van der Waals surface area contributed by atoms with Crippen LogP contribution in [0.4, 0.5) is 5.82 Å². The van der Waals surface area contributed by atoms with Crippen LogP contribution >= 0.6 is 0 Å². The SMILES string of the molecule is CCN1C[C@H](Nc2ncccc2-c2ncon2)[C@@H](OC)C1. The normalized spacial score (nSPS) is 22.6. The van der Waals surface area contributed by atoms with Crippen LogP contribution in [0.25, 0.3) is 11.4 Å². The van der Waals surface area contributed by atoms with Crippen molar-refractivity contribution in [2.75, 3.05) is 32.1 Å². The van der Waals surface area contributed by atoms with Crippen molar-refractivity contribution < 1.29 is 9.26 Å². The first-order chi connectivity index (χ1) is 10.3. The minimum absolute atomic E-state index is 0.144. The van der Waals surface area contributed by atoms with Gasteiger partial charge in [-0.2, -0.15) is 4.98 Å². The molecular formula is C14H19N5O2. The summed E-state index contributed by atoms with van der Waals surface area (Å²) < 4.78 is 10.4. The van der Waals surface area contributed by atoms with Crippen LogP contribution < -0.4 is 5.32 Å². The number of likely N-dealkylation sites (tertiary alicyclic amines) is 1. The molecule has 21 heavy (non-hydrogen) atoms. The Morgan fingerprint density at radius 2 is 2.33 bits per heavy atom. The van der Waals surface area contributed by atoms with Crippen molar-refractivity contribution in [3.05, 3.63) is 24.7 Å². The third kappa shape index (κ3) is 2.88. The van der Waals surface area contributed by atoms with Gasteiger partial charge in [0.25, 0.3) is 0 Å². The van der Waals surface area contributed by atoms with Crippen LogP contribution in [0.2, 0.25) is 0 Å². The molecule has 0 spiro atoms. The summed E-state index contributed by atoms with van der Waals surface area (Å²) in [6.07, 6.45) is 3.21. The van der Waals surface area contributed by atoms with Crippen LogP contribution in [-0.4, -0.2) is 58.9 Å². The molecular weight excluding hydrogens is 270 g/mol. The minimum Gasteiger partial charge on any atom is -0.378 e. The smallest absolute Gasteiger partial charge is 0.214 e. The van der Waals surface area contributed by atoms with Crippen LogP contribution in [0.5, 0.6) is 0 Å². The average Bonchev–Trinajstić information content (AvgIpc) is 3.17. The number of rotatable bonds is 5. The molecule has 3 rings (SSSR count). The predicted molar refractivity (Wildman–Crippen MR) is 77.9 cm³/mol. The van der Waals surface area contributed by atoms with E-state index in [9.17, 15) is 0 Å². The number of methoxy groups -OCH3 is 1. The molecule has 7 heteroatoms. The van der Waals surface area contributed by atoms with E-state index in [2.05, 4.69) is 32.3 Å². The second-order valence-electron chi connectivity index (χ2n) is 5.03. The molecule has 3 heterocycles. The Morgan fingerprint density at radius 1 is 1.43 bits per heavy atom. The van der Waals surface area contributed by atoms with Gasteiger partial charge in [-0.1, -0.05) is 12.1 Å². The number of aromatic nitrogens is 3. The van der Waals surface area contributed by atoms with E-state index in [4.69, 9.17) is 9.26 Å². The first-order valence-electron chi connectivity index (χ1n) is 7.05. The fraction of sp³-hybridized carbons (Fsp3) is 0.500.